The van der Waals surface area contributed by atoms with Crippen LogP contribution < -0.4 is 4.90 Å². The zero-order valence-corrected chi connectivity index (χ0v) is 31.1. The number of aromatic nitrogens is 1. The summed E-state index contributed by atoms with van der Waals surface area (Å²) in [4.78, 5) is 2.06. The van der Waals surface area contributed by atoms with Crippen LogP contribution in [0.1, 0.15) is 0 Å². The molecule has 57 heavy (non-hydrogen) atoms. The molecule has 0 saturated carbocycles. The highest BCUT2D eigenvalue weighted by atomic mass is 19.1. The quantitative estimate of drug-likeness (QED) is 0.151. The first-order valence-corrected chi connectivity index (χ1v) is 19.3. The lowest BCUT2D eigenvalue weighted by Gasteiger charge is -2.29. The summed E-state index contributed by atoms with van der Waals surface area (Å²) in [5.41, 5.74) is 13.6. The molecule has 0 aliphatic heterocycles. The molecule has 1 aromatic heterocycles. The standard InChI is InChI=1S/C54H37FN2/c55-51-37-44(39-17-6-2-7-18-39)36-50(42-19-8-3-9-20-42)54(51)56(45-31-27-40(28-32-45)38-15-4-1-5-16-38)46-33-29-41(30-34-46)43-21-14-22-47(35-43)57-52-25-12-10-23-48(52)49-24-11-13-26-53(49)57/h1-37H. The highest BCUT2D eigenvalue weighted by Gasteiger charge is 2.23. The summed E-state index contributed by atoms with van der Waals surface area (Å²) in [7, 11) is 0. The minimum absolute atomic E-state index is 0.301. The van der Waals surface area contributed by atoms with E-state index in [-0.39, 0.29) is 5.82 Å². The normalized spacial score (nSPS) is 11.2. The minimum atomic E-state index is -0.301. The van der Waals surface area contributed by atoms with E-state index in [2.05, 4.69) is 161 Å². The average molecular weight is 733 g/mol. The van der Waals surface area contributed by atoms with Gasteiger partial charge in [-0.2, -0.15) is 0 Å². The fraction of sp³-hybridized carbons (Fsp3) is 0. The molecule has 10 rings (SSSR count). The summed E-state index contributed by atoms with van der Waals surface area (Å²) in [6.07, 6.45) is 0. The van der Waals surface area contributed by atoms with E-state index in [0.717, 1.165) is 61.6 Å². The lowest BCUT2D eigenvalue weighted by molar-refractivity contribution is 0.630. The molecular formula is C54H37FN2. The molecule has 0 bridgehead atoms. The molecule has 0 radical (unpaired) electrons. The average Bonchev–Trinajstić information content (AvgIpc) is 3.63. The molecule has 0 fully saturated rings. The molecule has 10 aromatic rings. The van der Waals surface area contributed by atoms with E-state index < -0.39 is 0 Å². The van der Waals surface area contributed by atoms with Gasteiger partial charge in [0.1, 0.15) is 5.82 Å². The van der Waals surface area contributed by atoms with Gasteiger partial charge in [0.25, 0.3) is 0 Å². The van der Waals surface area contributed by atoms with Gasteiger partial charge in [0, 0.05) is 33.4 Å². The van der Waals surface area contributed by atoms with E-state index in [1.165, 1.54) is 21.8 Å². The number of hydrogen-bond donors (Lipinski definition) is 0. The van der Waals surface area contributed by atoms with Crippen molar-refractivity contribution in [1.82, 2.24) is 4.57 Å². The molecule has 0 atom stereocenters. The summed E-state index contributed by atoms with van der Waals surface area (Å²) in [6, 6.07) is 77.0. The van der Waals surface area contributed by atoms with Gasteiger partial charge in [-0.3, -0.25) is 0 Å². The Labute approximate surface area is 332 Å². The number of benzene rings is 9. The fourth-order valence-corrected chi connectivity index (χ4v) is 8.13. The molecule has 0 amide bonds. The zero-order chi connectivity index (χ0) is 38.1. The number of para-hydroxylation sites is 2. The second kappa shape index (κ2) is 14.6. The topological polar surface area (TPSA) is 8.17 Å². The Kier molecular flexibility index (Phi) is 8.74. The van der Waals surface area contributed by atoms with Gasteiger partial charge in [-0.1, -0.05) is 164 Å². The Morgan fingerprint density at radius 2 is 0.772 bits per heavy atom. The molecule has 0 unspecified atom stereocenters. The van der Waals surface area contributed by atoms with Gasteiger partial charge in [0.05, 0.1) is 16.7 Å². The first kappa shape index (κ1) is 34.0. The summed E-state index contributed by atoms with van der Waals surface area (Å²) in [5, 5.41) is 2.47. The van der Waals surface area contributed by atoms with Crippen LogP contribution in [0.3, 0.4) is 0 Å². The van der Waals surface area contributed by atoms with Crippen LogP contribution in [0.15, 0.2) is 224 Å². The summed E-state index contributed by atoms with van der Waals surface area (Å²) < 4.78 is 19.5. The third-order valence-corrected chi connectivity index (χ3v) is 10.9. The molecule has 9 aromatic carbocycles. The van der Waals surface area contributed by atoms with E-state index in [1.807, 2.05) is 66.7 Å². The van der Waals surface area contributed by atoms with Crippen molar-refractivity contribution in [2.45, 2.75) is 0 Å². The molecular weight excluding hydrogens is 696 g/mol. The minimum Gasteiger partial charge on any atom is -0.309 e. The molecule has 0 N–H and O–H groups in total. The van der Waals surface area contributed by atoms with E-state index in [9.17, 15) is 0 Å². The highest BCUT2D eigenvalue weighted by Crippen LogP contribution is 2.45. The Hall–Kier alpha value is -7.49. The molecule has 0 spiro atoms. The van der Waals surface area contributed by atoms with Crippen LogP contribution in [0.2, 0.25) is 0 Å². The van der Waals surface area contributed by atoms with Crippen molar-refractivity contribution in [2.75, 3.05) is 4.90 Å². The van der Waals surface area contributed by atoms with Gasteiger partial charge in [-0.15, -0.1) is 0 Å². The fourth-order valence-electron chi connectivity index (χ4n) is 8.13. The van der Waals surface area contributed by atoms with Gasteiger partial charge >= 0.3 is 0 Å². The first-order chi connectivity index (χ1) is 28.2. The van der Waals surface area contributed by atoms with Crippen molar-refractivity contribution in [3.63, 3.8) is 0 Å². The van der Waals surface area contributed by atoms with E-state index in [4.69, 9.17) is 0 Å². The van der Waals surface area contributed by atoms with Crippen LogP contribution in [0.4, 0.5) is 21.5 Å². The maximum atomic E-state index is 17.1. The van der Waals surface area contributed by atoms with Gasteiger partial charge in [-0.25, -0.2) is 4.39 Å². The van der Waals surface area contributed by atoms with Crippen molar-refractivity contribution in [3.05, 3.63) is 230 Å². The van der Waals surface area contributed by atoms with Crippen LogP contribution in [0.5, 0.6) is 0 Å². The number of fused-ring (bicyclic) bond motifs is 3. The summed E-state index contributed by atoms with van der Waals surface area (Å²) >= 11 is 0. The van der Waals surface area contributed by atoms with E-state index >= 15 is 4.39 Å². The predicted octanol–water partition coefficient (Wildman–Crippen LogP) is 15.1. The van der Waals surface area contributed by atoms with Gasteiger partial charge < -0.3 is 9.47 Å². The van der Waals surface area contributed by atoms with Crippen LogP contribution in [0, 0.1) is 5.82 Å². The Bertz CT molecular complexity index is 2930. The largest absolute Gasteiger partial charge is 0.309 e. The maximum absolute atomic E-state index is 17.1. The molecule has 270 valence electrons. The second-order valence-electron chi connectivity index (χ2n) is 14.3. The zero-order valence-electron chi connectivity index (χ0n) is 31.1. The van der Waals surface area contributed by atoms with Crippen LogP contribution in [0.25, 0.3) is 72.0 Å². The second-order valence-corrected chi connectivity index (χ2v) is 14.3. The summed E-state index contributed by atoms with van der Waals surface area (Å²) in [6.45, 7) is 0. The number of nitrogens with zero attached hydrogens (tertiary/aromatic N) is 2. The van der Waals surface area contributed by atoms with Crippen LogP contribution in [-0.2, 0) is 0 Å². The number of halogens is 1. The van der Waals surface area contributed by atoms with Gasteiger partial charge in [0.15, 0.2) is 0 Å². The van der Waals surface area contributed by atoms with E-state index in [1.54, 1.807) is 6.07 Å². The number of rotatable bonds is 8. The Morgan fingerprint density at radius 1 is 0.333 bits per heavy atom. The first-order valence-electron chi connectivity index (χ1n) is 19.3. The molecule has 0 saturated heterocycles. The van der Waals surface area contributed by atoms with Crippen molar-refractivity contribution < 1.29 is 4.39 Å². The van der Waals surface area contributed by atoms with Gasteiger partial charge in [-0.05, 0) is 99.6 Å². The van der Waals surface area contributed by atoms with Crippen molar-refractivity contribution >= 4 is 38.9 Å². The lowest BCUT2D eigenvalue weighted by Crippen LogP contribution is -2.13. The van der Waals surface area contributed by atoms with Gasteiger partial charge in [0.2, 0.25) is 0 Å². The monoisotopic (exact) mass is 732 g/mol. The third kappa shape index (κ3) is 6.35. The maximum Gasteiger partial charge on any atom is 0.148 e. The Balaban J connectivity index is 1.11. The molecule has 3 heteroatoms. The third-order valence-electron chi connectivity index (χ3n) is 10.9. The number of anilines is 3. The molecule has 1 heterocycles. The summed E-state index contributed by atoms with van der Waals surface area (Å²) in [5.74, 6) is -0.301. The van der Waals surface area contributed by atoms with Crippen molar-refractivity contribution in [1.29, 1.82) is 0 Å². The van der Waals surface area contributed by atoms with Crippen LogP contribution in [-0.4, -0.2) is 4.57 Å². The lowest BCUT2D eigenvalue weighted by atomic mass is 9.95. The SMILES string of the molecule is Fc1cc(-c2ccccc2)cc(-c2ccccc2)c1N(c1ccc(-c2ccccc2)cc1)c1ccc(-c2cccc(-n3c4ccccc4c4ccccc43)c2)cc1. The predicted molar refractivity (Wildman–Crippen MR) is 237 cm³/mol. The smallest absolute Gasteiger partial charge is 0.148 e. The Morgan fingerprint density at radius 3 is 1.33 bits per heavy atom. The molecule has 0 aliphatic carbocycles. The van der Waals surface area contributed by atoms with Crippen molar-refractivity contribution in [2.24, 2.45) is 0 Å². The molecule has 2 nitrogen and oxygen atoms in total. The van der Waals surface area contributed by atoms with Crippen molar-refractivity contribution in [3.8, 4) is 50.2 Å². The molecule has 0 aliphatic rings. The van der Waals surface area contributed by atoms with E-state index in [0.29, 0.717) is 5.69 Å². The van der Waals surface area contributed by atoms with Crippen LogP contribution >= 0.6 is 0 Å². The number of hydrogen-bond acceptors (Lipinski definition) is 1. The highest BCUT2D eigenvalue weighted by molar-refractivity contribution is 6.09.